The second-order valence-corrected chi connectivity index (χ2v) is 5.11. The number of primary amides is 1. The standard InChI is InChI=1S/C13H20N2O2/c1-7-5-9(12(15)16)10(6-13(3,4)17)8(2)11(7)14/h5,17H,6,14H2,1-4H3,(H2,15,16). The van der Waals surface area contributed by atoms with Gasteiger partial charge in [-0.2, -0.15) is 0 Å². The van der Waals surface area contributed by atoms with E-state index in [1.165, 1.54) is 0 Å². The van der Waals surface area contributed by atoms with Gasteiger partial charge in [0, 0.05) is 17.7 Å². The zero-order valence-electron chi connectivity index (χ0n) is 10.8. The summed E-state index contributed by atoms with van der Waals surface area (Å²) in [6, 6.07) is 1.69. The lowest BCUT2D eigenvalue weighted by Crippen LogP contribution is -2.26. The molecule has 0 aromatic heterocycles. The number of rotatable bonds is 3. The maximum Gasteiger partial charge on any atom is 0.249 e. The molecule has 0 aliphatic carbocycles. The Kier molecular flexibility index (Phi) is 3.48. The normalized spacial score (nSPS) is 11.6. The molecule has 0 aliphatic rings. The van der Waals surface area contributed by atoms with Crippen molar-refractivity contribution in [3.05, 3.63) is 28.3 Å². The number of anilines is 1. The Balaban J connectivity index is 3.44. The van der Waals surface area contributed by atoms with E-state index in [4.69, 9.17) is 11.5 Å². The third kappa shape index (κ3) is 2.97. The molecule has 0 aliphatic heterocycles. The van der Waals surface area contributed by atoms with Gasteiger partial charge in [-0.3, -0.25) is 4.79 Å². The van der Waals surface area contributed by atoms with Crippen LogP contribution in [0.2, 0.25) is 0 Å². The van der Waals surface area contributed by atoms with Gasteiger partial charge in [-0.1, -0.05) is 0 Å². The highest BCUT2D eigenvalue weighted by molar-refractivity contribution is 5.95. The summed E-state index contributed by atoms with van der Waals surface area (Å²) in [5.74, 6) is -0.490. The highest BCUT2D eigenvalue weighted by atomic mass is 16.3. The summed E-state index contributed by atoms with van der Waals surface area (Å²) in [6.07, 6.45) is 0.349. The summed E-state index contributed by atoms with van der Waals surface area (Å²) in [5, 5.41) is 9.87. The zero-order chi connectivity index (χ0) is 13.4. The third-order valence-electron chi connectivity index (χ3n) is 2.84. The number of hydrogen-bond acceptors (Lipinski definition) is 3. The summed E-state index contributed by atoms with van der Waals surface area (Å²) in [7, 11) is 0. The minimum atomic E-state index is -0.906. The molecule has 94 valence electrons. The largest absolute Gasteiger partial charge is 0.398 e. The molecule has 1 aromatic carbocycles. The number of carbonyl (C=O) groups excluding carboxylic acids is 1. The van der Waals surface area contributed by atoms with Crippen molar-refractivity contribution in [2.75, 3.05) is 5.73 Å². The van der Waals surface area contributed by atoms with Gasteiger partial charge in [-0.25, -0.2) is 0 Å². The molecule has 0 saturated heterocycles. The Morgan fingerprint density at radius 2 is 1.94 bits per heavy atom. The average molecular weight is 236 g/mol. The monoisotopic (exact) mass is 236 g/mol. The van der Waals surface area contributed by atoms with Crippen molar-refractivity contribution in [2.24, 2.45) is 5.73 Å². The van der Waals surface area contributed by atoms with E-state index in [-0.39, 0.29) is 0 Å². The maximum absolute atomic E-state index is 11.4. The molecular weight excluding hydrogens is 216 g/mol. The van der Waals surface area contributed by atoms with E-state index < -0.39 is 11.5 Å². The Hall–Kier alpha value is -1.55. The summed E-state index contributed by atoms with van der Waals surface area (Å²) in [5.41, 5.74) is 13.9. The van der Waals surface area contributed by atoms with Crippen molar-refractivity contribution < 1.29 is 9.90 Å². The van der Waals surface area contributed by atoms with Gasteiger partial charge >= 0.3 is 0 Å². The molecular formula is C13H20N2O2. The van der Waals surface area contributed by atoms with E-state index >= 15 is 0 Å². The van der Waals surface area contributed by atoms with E-state index in [1.54, 1.807) is 19.9 Å². The number of hydrogen-bond donors (Lipinski definition) is 3. The minimum Gasteiger partial charge on any atom is -0.398 e. The van der Waals surface area contributed by atoms with E-state index in [2.05, 4.69) is 0 Å². The number of aryl methyl sites for hydroxylation is 1. The molecule has 0 bridgehead atoms. The van der Waals surface area contributed by atoms with Crippen molar-refractivity contribution in [2.45, 2.75) is 39.7 Å². The summed E-state index contributed by atoms with van der Waals surface area (Å²) in [4.78, 5) is 11.4. The van der Waals surface area contributed by atoms with Crippen LogP contribution >= 0.6 is 0 Å². The van der Waals surface area contributed by atoms with Crippen LogP contribution in [0.5, 0.6) is 0 Å². The highest BCUT2D eigenvalue weighted by Gasteiger charge is 2.21. The molecule has 1 amide bonds. The van der Waals surface area contributed by atoms with Gasteiger partial charge in [0.25, 0.3) is 0 Å². The van der Waals surface area contributed by atoms with Crippen molar-refractivity contribution >= 4 is 11.6 Å². The van der Waals surface area contributed by atoms with Crippen molar-refractivity contribution in [3.63, 3.8) is 0 Å². The SMILES string of the molecule is Cc1cc(C(N)=O)c(CC(C)(C)O)c(C)c1N. The fourth-order valence-corrected chi connectivity index (χ4v) is 1.92. The molecule has 1 aromatic rings. The van der Waals surface area contributed by atoms with Crippen LogP contribution in [-0.2, 0) is 6.42 Å². The maximum atomic E-state index is 11.4. The van der Waals surface area contributed by atoms with Crippen LogP contribution in [0.25, 0.3) is 0 Å². The zero-order valence-corrected chi connectivity index (χ0v) is 10.8. The van der Waals surface area contributed by atoms with Crippen LogP contribution in [0, 0.1) is 13.8 Å². The van der Waals surface area contributed by atoms with Crippen LogP contribution in [0.4, 0.5) is 5.69 Å². The first-order valence-corrected chi connectivity index (χ1v) is 5.54. The van der Waals surface area contributed by atoms with Crippen LogP contribution < -0.4 is 11.5 Å². The Labute approximate surface area is 102 Å². The van der Waals surface area contributed by atoms with E-state index in [1.807, 2.05) is 13.8 Å². The molecule has 0 spiro atoms. The Morgan fingerprint density at radius 1 is 1.41 bits per heavy atom. The molecule has 0 heterocycles. The van der Waals surface area contributed by atoms with Crippen molar-refractivity contribution in [1.82, 2.24) is 0 Å². The second kappa shape index (κ2) is 4.37. The number of amides is 1. The molecule has 0 saturated carbocycles. The predicted molar refractivity (Wildman–Crippen MR) is 68.8 cm³/mol. The number of nitrogens with two attached hydrogens (primary N) is 2. The van der Waals surface area contributed by atoms with E-state index in [9.17, 15) is 9.90 Å². The number of carbonyl (C=O) groups is 1. The van der Waals surface area contributed by atoms with E-state index in [0.717, 1.165) is 16.7 Å². The molecule has 0 fully saturated rings. The molecule has 4 heteroatoms. The first kappa shape index (κ1) is 13.5. The van der Waals surface area contributed by atoms with Crippen LogP contribution in [0.15, 0.2) is 6.07 Å². The predicted octanol–water partition coefficient (Wildman–Crippen LogP) is 1.30. The summed E-state index contributed by atoms with van der Waals surface area (Å²) < 4.78 is 0. The van der Waals surface area contributed by atoms with Gasteiger partial charge < -0.3 is 16.6 Å². The molecule has 17 heavy (non-hydrogen) atoms. The van der Waals surface area contributed by atoms with Gasteiger partial charge in [-0.05, 0) is 50.5 Å². The quantitative estimate of drug-likeness (QED) is 0.691. The third-order valence-corrected chi connectivity index (χ3v) is 2.84. The Morgan fingerprint density at radius 3 is 2.35 bits per heavy atom. The van der Waals surface area contributed by atoms with Gasteiger partial charge in [0.15, 0.2) is 0 Å². The minimum absolute atomic E-state index is 0.349. The van der Waals surface area contributed by atoms with Gasteiger partial charge in [0.2, 0.25) is 5.91 Å². The summed E-state index contributed by atoms with van der Waals surface area (Å²) in [6.45, 7) is 7.05. The summed E-state index contributed by atoms with van der Waals surface area (Å²) >= 11 is 0. The van der Waals surface area contributed by atoms with Crippen molar-refractivity contribution in [3.8, 4) is 0 Å². The lowest BCUT2D eigenvalue weighted by Gasteiger charge is -2.22. The van der Waals surface area contributed by atoms with Gasteiger partial charge in [-0.15, -0.1) is 0 Å². The molecule has 5 N–H and O–H groups in total. The molecule has 4 nitrogen and oxygen atoms in total. The number of aliphatic hydroxyl groups is 1. The average Bonchev–Trinajstić information content (AvgIpc) is 2.16. The van der Waals surface area contributed by atoms with E-state index in [0.29, 0.717) is 17.7 Å². The molecule has 0 atom stereocenters. The second-order valence-electron chi connectivity index (χ2n) is 5.11. The Bertz CT molecular complexity index is 459. The highest BCUT2D eigenvalue weighted by Crippen LogP contribution is 2.27. The first-order valence-electron chi connectivity index (χ1n) is 5.54. The molecule has 0 unspecified atom stereocenters. The first-order chi connectivity index (χ1) is 7.63. The topological polar surface area (TPSA) is 89.3 Å². The molecule has 1 rings (SSSR count). The lowest BCUT2D eigenvalue weighted by atomic mass is 9.88. The fraction of sp³-hybridized carbons (Fsp3) is 0.462. The van der Waals surface area contributed by atoms with Crippen LogP contribution in [0.3, 0.4) is 0 Å². The lowest BCUT2D eigenvalue weighted by molar-refractivity contribution is 0.0803. The fourth-order valence-electron chi connectivity index (χ4n) is 1.92. The smallest absolute Gasteiger partial charge is 0.249 e. The van der Waals surface area contributed by atoms with Crippen LogP contribution in [0.1, 0.15) is 40.9 Å². The van der Waals surface area contributed by atoms with Crippen LogP contribution in [-0.4, -0.2) is 16.6 Å². The van der Waals surface area contributed by atoms with Gasteiger partial charge in [0.1, 0.15) is 0 Å². The number of benzene rings is 1. The van der Waals surface area contributed by atoms with Gasteiger partial charge in [0.05, 0.1) is 5.60 Å². The molecule has 0 radical (unpaired) electrons. The number of nitrogen functional groups attached to an aromatic ring is 1. The van der Waals surface area contributed by atoms with Crippen molar-refractivity contribution in [1.29, 1.82) is 0 Å².